The van der Waals surface area contributed by atoms with E-state index in [1.165, 1.54) is 5.56 Å². The Morgan fingerprint density at radius 2 is 2.11 bits per heavy atom. The van der Waals surface area contributed by atoms with Gasteiger partial charge < -0.3 is 0 Å². The average molecular weight is 256 g/mol. The van der Waals surface area contributed by atoms with Gasteiger partial charge in [-0.05, 0) is 26.3 Å². The van der Waals surface area contributed by atoms with E-state index in [1.54, 1.807) is 20.1 Å². The number of hydrazone groups is 1. The van der Waals surface area contributed by atoms with Gasteiger partial charge in [0.15, 0.2) is 0 Å². The fourth-order valence-electron chi connectivity index (χ4n) is 1.62. The maximum atomic E-state index is 11.6. The number of aromatic amines is 1. The summed E-state index contributed by atoms with van der Waals surface area (Å²) in [5, 5.41) is 4.06. The van der Waals surface area contributed by atoms with Crippen molar-refractivity contribution >= 4 is 12.2 Å². The maximum Gasteiger partial charge on any atom is 0.255 e. The Morgan fingerprint density at radius 3 is 2.79 bits per heavy atom. The van der Waals surface area contributed by atoms with Crippen molar-refractivity contribution in [2.45, 2.75) is 20.8 Å². The maximum absolute atomic E-state index is 11.6. The van der Waals surface area contributed by atoms with Crippen LogP contribution < -0.4 is 11.0 Å². The van der Waals surface area contributed by atoms with E-state index in [1.807, 2.05) is 31.2 Å². The van der Waals surface area contributed by atoms with E-state index in [9.17, 15) is 4.79 Å². The molecular formula is C14H16N4O. The number of benzene rings is 1. The molecule has 1 heterocycles. The van der Waals surface area contributed by atoms with Gasteiger partial charge in [0, 0.05) is 11.3 Å². The first kappa shape index (κ1) is 13.0. The van der Waals surface area contributed by atoms with Gasteiger partial charge in [-0.15, -0.1) is 0 Å². The van der Waals surface area contributed by atoms with Crippen LogP contribution in [0.15, 0.2) is 34.2 Å². The topological polar surface area (TPSA) is 70.1 Å². The standard InChI is InChI=1S/C14H16N4O/c1-9-5-4-6-12(7-9)8-15-18-14-16-11(3)10(2)13(19)17-14/h4-8H,1-3H3,(H2,16,17,18,19)/b15-8-. The van der Waals surface area contributed by atoms with Crippen LogP contribution in [0, 0.1) is 20.8 Å². The van der Waals surface area contributed by atoms with E-state index in [0.717, 1.165) is 5.56 Å². The first-order valence-corrected chi connectivity index (χ1v) is 5.99. The molecule has 0 saturated carbocycles. The zero-order valence-corrected chi connectivity index (χ0v) is 11.2. The van der Waals surface area contributed by atoms with E-state index in [2.05, 4.69) is 20.5 Å². The Balaban J connectivity index is 2.13. The molecule has 0 aliphatic rings. The third-order valence-corrected chi connectivity index (χ3v) is 2.82. The van der Waals surface area contributed by atoms with Crippen LogP contribution in [-0.2, 0) is 0 Å². The van der Waals surface area contributed by atoms with Gasteiger partial charge in [-0.25, -0.2) is 10.4 Å². The molecule has 0 spiro atoms. The second kappa shape index (κ2) is 5.48. The molecule has 0 fully saturated rings. The van der Waals surface area contributed by atoms with Crippen molar-refractivity contribution in [1.29, 1.82) is 0 Å². The first-order chi connectivity index (χ1) is 9.06. The predicted octanol–water partition coefficient (Wildman–Crippen LogP) is 2.14. The minimum absolute atomic E-state index is 0.152. The summed E-state index contributed by atoms with van der Waals surface area (Å²) in [5.74, 6) is 0.344. The van der Waals surface area contributed by atoms with Crippen molar-refractivity contribution in [2.75, 3.05) is 5.43 Å². The number of hydrogen-bond acceptors (Lipinski definition) is 4. The number of aromatic nitrogens is 2. The quantitative estimate of drug-likeness (QED) is 0.653. The normalized spacial score (nSPS) is 10.9. The molecule has 1 aromatic heterocycles. The molecule has 5 heteroatoms. The van der Waals surface area contributed by atoms with Crippen LogP contribution in [0.4, 0.5) is 5.95 Å². The molecular weight excluding hydrogens is 240 g/mol. The lowest BCUT2D eigenvalue weighted by Crippen LogP contribution is -2.15. The van der Waals surface area contributed by atoms with Crippen LogP contribution in [0.2, 0.25) is 0 Å². The van der Waals surface area contributed by atoms with Crippen molar-refractivity contribution in [3.63, 3.8) is 0 Å². The summed E-state index contributed by atoms with van der Waals surface area (Å²) in [4.78, 5) is 18.4. The van der Waals surface area contributed by atoms with Crippen LogP contribution in [0.1, 0.15) is 22.4 Å². The number of aryl methyl sites for hydroxylation is 2. The highest BCUT2D eigenvalue weighted by Crippen LogP contribution is 2.02. The number of H-pyrrole nitrogens is 1. The monoisotopic (exact) mass is 256 g/mol. The highest BCUT2D eigenvalue weighted by molar-refractivity contribution is 5.80. The lowest BCUT2D eigenvalue weighted by molar-refractivity contribution is 1.01. The number of nitrogens with one attached hydrogen (secondary N) is 2. The van der Waals surface area contributed by atoms with E-state index in [4.69, 9.17) is 0 Å². The summed E-state index contributed by atoms with van der Waals surface area (Å²) in [6.07, 6.45) is 1.68. The van der Waals surface area contributed by atoms with Crippen molar-refractivity contribution < 1.29 is 0 Å². The van der Waals surface area contributed by atoms with Gasteiger partial charge in [0.25, 0.3) is 5.56 Å². The lowest BCUT2D eigenvalue weighted by Gasteiger charge is -2.02. The summed E-state index contributed by atoms with van der Waals surface area (Å²) >= 11 is 0. The smallest absolute Gasteiger partial charge is 0.255 e. The van der Waals surface area contributed by atoms with Gasteiger partial charge in [-0.1, -0.05) is 29.8 Å². The summed E-state index contributed by atoms with van der Waals surface area (Å²) in [6, 6.07) is 7.95. The van der Waals surface area contributed by atoms with E-state index >= 15 is 0 Å². The highest BCUT2D eigenvalue weighted by atomic mass is 16.1. The largest absolute Gasteiger partial charge is 0.291 e. The molecule has 2 N–H and O–H groups in total. The van der Waals surface area contributed by atoms with Crippen molar-refractivity contribution in [2.24, 2.45) is 5.10 Å². The van der Waals surface area contributed by atoms with Crippen LogP contribution in [0.3, 0.4) is 0 Å². The molecule has 2 rings (SSSR count). The number of rotatable bonds is 3. The van der Waals surface area contributed by atoms with E-state index in [0.29, 0.717) is 17.2 Å². The SMILES string of the molecule is Cc1cccc(/C=N\Nc2nc(C)c(C)c(=O)[nH]2)c1. The van der Waals surface area contributed by atoms with Crippen LogP contribution in [0.5, 0.6) is 0 Å². The molecule has 0 unspecified atom stereocenters. The molecule has 5 nitrogen and oxygen atoms in total. The average Bonchev–Trinajstić information content (AvgIpc) is 2.36. The highest BCUT2D eigenvalue weighted by Gasteiger charge is 2.01. The van der Waals surface area contributed by atoms with Gasteiger partial charge in [0.1, 0.15) is 0 Å². The van der Waals surface area contributed by atoms with Crippen LogP contribution in [-0.4, -0.2) is 16.2 Å². The molecule has 0 saturated heterocycles. The Labute approximate surface area is 111 Å². The second-order valence-corrected chi connectivity index (χ2v) is 4.41. The second-order valence-electron chi connectivity index (χ2n) is 4.41. The molecule has 0 amide bonds. The molecule has 0 aliphatic heterocycles. The molecule has 19 heavy (non-hydrogen) atoms. The Kier molecular flexibility index (Phi) is 3.75. The van der Waals surface area contributed by atoms with E-state index in [-0.39, 0.29) is 5.56 Å². The van der Waals surface area contributed by atoms with Gasteiger partial charge in [0.2, 0.25) is 5.95 Å². The summed E-state index contributed by atoms with van der Waals surface area (Å²) in [7, 11) is 0. The third-order valence-electron chi connectivity index (χ3n) is 2.82. The molecule has 0 radical (unpaired) electrons. The zero-order chi connectivity index (χ0) is 13.8. The first-order valence-electron chi connectivity index (χ1n) is 5.99. The van der Waals surface area contributed by atoms with Crippen LogP contribution >= 0.6 is 0 Å². The minimum atomic E-state index is -0.152. The lowest BCUT2D eigenvalue weighted by atomic mass is 10.2. The fraction of sp³-hybridized carbons (Fsp3) is 0.214. The Hall–Kier alpha value is -2.43. The molecule has 1 aromatic carbocycles. The molecule has 0 aliphatic carbocycles. The number of nitrogens with zero attached hydrogens (tertiary/aromatic N) is 2. The van der Waals surface area contributed by atoms with Gasteiger partial charge in [-0.2, -0.15) is 5.10 Å². The van der Waals surface area contributed by atoms with E-state index < -0.39 is 0 Å². The van der Waals surface area contributed by atoms with Gasteiger partial charge >= 0.3 is 0 Å². The third kappa shape index (κ3) is 3.28. The summed E-state index contributed by atoms with van der Waals surface area (Å²) in [6.45, 7) is 5.55. The fourth-order valence-corrected chi connectivity index (χ4v) is 1.62. The van der Waals surface area contributed by atoms with Crippen molar-refractivity contribution in [1.82, 2.24) is 9.97 Å². The minimum Gasteiger partial charge on any atom is -0.291 e. The number of hydrogen-bond donors (Lipinski definition) is 2. The van der Waals surface area contributed by atoms with Crippen molar-refractivity contribution in [3.8, 4) is 0 Å². The van der Waals surface area contributed by atoms with Crippen LogP contribution in [0.25, 0.3) is 0 Å². The van der Waals surface area contributed by atoms with Gasteiger partial charge in [0.05, 0.1) is 6.21 Å². The zero-order valence-electron chi connectivity index (χ0n) is 11.2. The number of anilines is 1. The predicted molar refractivity (Wildman–Crippen MR) is 76.7 cm³/mol. The van der Waals surface area contributed by atoms with Gasteiger partial charge in [-0.3, -0.25) is 9.78 Å². The molecule has 0 bridgehead atoms. The Bertz CT molecular complexity index is 673. The summed E-state index contributed by atoms with van der Waals surface area (Å²) < 4.78 is 0. The Morgan fingerprint density at radius 1 is 1.32 bits per heavy atom. The van der Waals surface area contributed by atoms with Crippen molar-refractivity contribution in [3.05, 3.63) is 57.0 Å². The molecule has 0 atom stereocenters. The molecule has 98 valence electrons. The summed E-state index contributed by atoms with van der Waals surface area (Å²) in [5.41, 5.74) is 6.04. The molecule has 2 aromatic rings.